The first-order valence-electron chi connectivity index (χ1n) is 4.16. The summed E-state index contributed by atoms with van der Waals surface area (Å²) in [6.45, 7) is 0. The quantitative estimate of drug-likeness (QED) is 0.473. The minimum Gasteiger partial charge on any atom is -0.504 e. The first-order chi connectivity index (χ1) is 7.11. The maximum atomic E-state index is 11.1. The van der Waals surface area contributed by atoms with Crippen LogP contribution in [0.5, 0.6) is 11.5 Å². The van der Waals surface area contributed by atoms with E-state index in [0.717, 1.165) is 0 Å². The van der Waals surface area contributed by atoms with Gasteiger partial charge in [-0.2, -0.15) is 0 Å². The van der Waals surface area contributed by atoms with Crippen LogP contribution in [-0.2, 0) is 5.33 Å². The molecule has 78 valence electrons. The number of alkyl halides is 1. The Balaban J connectivity index is 2.90. The van der Waals surface area contributed by atoms with Crippen molar-refractivity contribution in [2.75, 3.05) is 0 Å². The lowest BCUT2D eigenvalue weighted by Gasteiger charge is -2.03. The number of aromatic hydroxyl groups is 2. The van der Waals surface area contributed by atoms with Gasteiger partial charge in [-0.1, -0.05) is 15.9 Å². The van der Waals surface area contributed by atoms with E-state index >= 15 is 0 Å². The van der Waals surface area contributed by atoms with Gasteiger partial charge in [0.25, 0.3) is 0 Å². The van der Waals surface area contributed by atoms with Crippen molar-refractivity contribution in [1.82, 2.24) is 0 Å². The average Bonchev–Trinajstić information content (AvgIpc) is 2.19. The summed E-state index contributed by atoms with van der Waals surface area (Å²) >= 11 is 3.23. The first-order valence-corrected chi connectivity index (χ1v) is 5.28. The second-order valence-corrected chi connectivity index (χ2v) is 3.62. The molecule has 2 aromatic rings. The van der Waals surface area contributed by atoms with Crippen molar-refractivity contribution in [1.29, 1.82) is 0 Å². The van der Waals surface area contributed by atoms with E-state index in [0.29, 0.717) is 16.3 Å². The Morgan fingerprint density at radius 3 is 2.53 bits per heavy atom. The Labute approximate surface area is 92.9 Å². The van der Waals surface area contributed by atoms with Crippen LogP contribution in [0.3, 0.4) is 0 Å². The normalized spacial score (nSPS) is 10.7. The number of phenolic OH excluding ortho intramolecular Hbond substituents is 2. The van der Waals surface area contributed by atoms with Crippen molar-refractivity contribution >= 4 is 26.9 Å². The number of phenols is 2. The summed E-state index contributed by atoms with van der Waals surface area (Å²) in [5.41, 5.74) is 0.478. The Morgan fingerprint density at radius 1 is 1.20 bits per heavy atom. The van der Waals surface area contributed by atoms with Crippen molar-refractivity contribution in [3.05, 3.63) is 34.2 Å². The zero-order chi connectivity index (χ0) is 11.0. The molecular formula is C10H7BrO4. The van der Waals surface area contributed by atoms with E-state index in [1.54, 1.807) is 0 Å². The van der Waals surface area contributed by atoms with E-state index in [4.69, 9.17) is 4.42 Å². The fourth-order valence-corrected chi connectivity index (χ4v) is 1.83. The highest BCUT2D eigenvalue weighted by Crippen LogP contribution is 2.31. The van der Waals surface area contributed by atoms with Crippen LogP contribution >= 0.6 is 15.9 Å². The number of fused-ring (bicyclic) bond motifs is 1. The summed E-state index contributed by atoms with van der Waals surface area (Å²) in [6.07, 6.45) is 0. The van der Waals surface area contributed by atoms with Crippen molar-refractivity contribution in [2.45, 2.75) is 5.33 Å². The average molecular weight is 271 g/mol. The standard InChI is InChI=1S/C10H7BrO4/c11-4-5-1-10(14)15-9-3-8(13)7(12)2-6(5)9/h1-3,12-13H,4H2. The number of halogens is 1. The minimum absolute atomic E-state index is 0.237. The van der Waals surface area contributed by atoms with Gasteiger partial charge in [0.05, 0.1) is 0 Å². The topological polar surface area (TPSA) is 70.7 Å². The molecule has 0 spiro atoms. The van der Waals surface area contributed by atoms with Gasteiger partial charge in [0.1, 0.15) is 5.58 Å². The molecule has 4 nitrogen and oxygen atoms in total. The summed E-state index contributed by atoms with van der Waals surface area (Å²) in [4.78, 5) is 11.1. The molecule has 1 aromatic heterocycles. The highest BCUT2D eigenvalue weighted by molar-refractivity contribution is 9.08. The van der Waals surface area contributed by atoms with Crippen LogP contribution in [0.4, 0.5) is 0 Å². The second-order valence-electron chi connectivity index (χ2n) is 3.06. The molecule has 0 saturated carbocycles. The molecule has 0 amide bonds. The van der Waals surface area contributed by atoms with Gasteiger partial charge in [-0.05, 0) is 11.6 Å². The van der Waals surface area contributed by atoms with Crippen molar-refractivity contribution in [3.63, 3.8) is 0 Å². The maximum absolute atomic E-state index is 11.1. The zero-order valence-electron chi connectivity index (χ0n) is 7.53. The van der Waals surface area contributed by atoms with Crippen LogP contribution in [0, 0.1) is 0 Å². The molecule has 2 N–H and O–H groups in total. The Kier molecular flexibility index (Phi) is 2.40. The highest BCUT2D eigenvalue weighted by Gasteiger charge is 2.08. The van der Waals surface area contributed by atoms with Gasteiger partial charge in [-0.3, -0.25) is 0 Å². The molecule has 0 atom stereocenters. The Morgan fingerprint density at radius 2 is 1.87 bits per heavy atom. The molecule has 2 rings (SSSR count). The first kappa shape index (κ1) is 10.0. The summed E-state index contributed by atoms with van der Waals surface area (Å²) in [6, 6.07) is 3.93. The van der Waals surface area contributed by atoms with Crippen LogP contribution in [0.1, 0.15) is 5.56 Å². The van der Waals surface area contributed by atoms with Crippen LogP contribution in [0.2, 0.25) is 0 Å². The number of hydrogen-bond donors (Lipinski definition) is 2. The summed E-state index contributed by atoms with van der Waals surface area (Å²) in [5, 5.41) is 19.6. The molecule has 0 aliphatic heterocycles. The molecule has 1 aromatic carbocycles. The smallest absolute Gasteiger partial charge is 0.336 e. The third-order valence-electron chi connectivity index (χ3n) is 2.07. The van der Waals surface area contributed by atoms with Gasteiger partial charge in [0, 0.05) is 22.8 Å². The van der Waals surface area contributed by atoms with Crippen LogP contribution in [-0.4, -0.2) is 10.2 Å². The maximum Gasteiger partial charge on any atom is 0.336 e. The minimum atomic E-state index is -0.484. The Bertz CT molecular complexity index is 573. The van der Waals surface area contributed by atoms with E-state index < -0.39 is 5.63 Å². The molecule has 0 saturated heterocycles. The number of rotatable bonds is 1. The molecule has 0 fully saturated rings. The van der Waals surface area contributed by atoms with E-state index in [9.17, 15) is 15.0 Å². The van der Waals surface area contributed by atoms with Crippen molar-refractivity contribution in [3.8, 4) is 11.5 Å². The lowest BCUT2D eigenvalue weighted by Crippen LogP contribution is -1.98. The fourth-order valence-electron chi connectivity index (χ4n) is 1.36. The molecule has 0 aliphatic rings. The van der Waals surface area contributed by atoms with Gasteiger partial charge in [-0.15, -0.1) is 0 Å². The third-order valence-corrected chi connectivity index (χ3v) is 2.67. The third kappa shape index (κ3) is 1.70. The van der Waals surface area contributed by atoms with Crippen molar-refractivity contribution in [2.24, 2.45) is 0 Å². The summed E-state index contributed by atoms with van der Waals surface area (Å²) < 4.78 is 4.89. The molecule has 15 heavy (non-hydrogen) atoms. The van der Waals surface area contributed by atoms with Crippen LogP contribution in [0.15, 0.2) is 27.4 Å². The van der Waals surface area contributed by atoms with Gasteiger partial charge < -0.3 is 14.6 Å². The van der Waals surface area contributed by atoms with Crippen LogP contribution in [0.25, 0.3) is 11.0 Å². The monoisotopic (exact) mass is 270 g/mol. The fraction of sp³-hybridized carbons (Fsp3) is 0.100. The molecule has 0 aliphatic carbocycles. The second kappa shape index (κ2) is 3.58. The van der Waals surface area contributed by atoms with E-state index in [1.807, 2.05) is 0 Å². The summed E-state index contributed by atoms with van der Waals surface area (Å²) in [7, 11) is 0. The van der Waals surface area contributed by atoms with Crippen molar-refractivity contribution < 1.29 is 14.6 Å². The van der Waals surface area contributed by atoms with Gasteiger partial charge in [-0.25, -0.2) is 4.79 Å². The van der Waals surface area contributed by atoms with E-state index in [-0.39, 0.29) is 17.1 Å². The number of hydrogen-bond acceptors (Lipinski definition) is 4. The largest absolute Gasteiger partial charge is 0.504 e. The summed E-state index contributed by atoms with van der Waals surface area (Å²) in [5.74, 6) is -0.545. The molecular weight excluding hydrogens is 264 g/mol. The van der Waals surface area contributed by atoms with E-state index in [2.05, 4.69) is 15.9 Å². The highest BCUT2D eigenvalue weighted by atomic mass is 79.9. The van der Waals surface area contributed by atoms with Gasteiger partial charge >= 0.3 is 5.63 Å². The molecule has 0 radical (unpaired) electrons. The van der Waals surface area contributed by atoms with Gasteiger partial charge in [0.2, 0.25) is 0 Å². The van der Waals surface area contributed by atoms with Crippen LogP contribution < -0.4 is 5.63 Å². The predicted molar refractivity (Wildman–Crippen MR) is 58.4 cm³/mol. The number of benzene rings is 1. The molecule has 0 unspecified atom stereocenters. The molecule has 0 bridgehead atoms. The zero-order valence-corrected chi connectivity index (χ0v) is 9.11. The molecule has 1 heterocycles. The Hall–Kier alpha value is -1.49. The lowest BCUT2D eigenvalue weighted by atomic mass is 10.1. The lowest BCUT2D eigenvalue weighted by molar-refractivity contribution is 0.403. The van der Waals surface area contributed by atoms with E-state index in [1.165, 1.54) is 18.2 Å². The SMILES string of the molecule is O=c1cc(CBr)c2cc(O)c(O)cc2o1. The van der Waals surface area contributed by atoms with Gasteiger partial charge in [0.15, 0.2) is 11.5 Å². The predicted octanol–water partition coefficient (Wildman–Crippen LogP) is 2.10. The molecule has 5 heteroatoms.